The molecule has 2 aromatic rings. The topological polar surface area (TPSA) is 65.4 Å². The first-order valence-electron chi connectivity index (χ1n) is 6.53. The molecule has 0 bridgehead atoms. The summed E-state index contributed by atoms with van der Waals surface area (Å²) in [6.07, 6.45) is 4.06. The zero-order chi connectivity index (χ0) is 13.0. The number of hydrogen-bond acceptors (Lipinski definition) is 4. The zero-order valence-corrected chi connectivity index (χ0v) is 11.0. The average molecular weight is 248 g/mol. The molecule has 98 valence electrons. The number of nitrogens with two attached hydrogens (primary N) is 1. The standard InChI is InChI=1S/C13H20N4O/c1-3-5-9-18-13-10(6-4-2)15-12-8-7-11(14)16-17(12)13/h7-8H,3-6,9H2,1-2H3,(H2,14,16). The van der Waals surface area contributed by atoms with Gasteiger partial charge in [-0.2, -0.15) is 4.52 Å². The average Bonchev–Trinajstić information content (AvgIpc) is 2.68. The van der Waals surface area contributed by atoms with E-state index < -0.39 is 0 Å². The van der Waals surface area contributed by atoms with Crippen molar-refractivity contribution >= 4 is 11.5 Å². The maximum atomic E-state index is 5.82. The Hall–Kier alpha value is -1.78. The summed E-state index contributed by atoms with van der Waals surface area (Å²) < 4.78 is 7.53. The maximum Gasteiger partial charge on any atom is 0.238 e. The molecule has 0 aliphatic heterocycles. The molecule has 5 heteroatoms. The summed E-state index contributed by atoms with van der Waals surface area (Å²) in [4.78, 5) is 4.54. The van der Waals surface area contributed by atoms with Crippen LogP contribution in [0.2, 0.25) is 0 Å². The van der Waals surface area contributed by atoms with Crippen molar-refractivity contribution in [3.63, 3.8) is 0 Å². The lowest BCUT2D eigenvalue weighted by Gasteiger charge is -2.06. The number of nitrogen functional groups attached to an aromatic ring is 1. The van der Waals surface area contributed by atoms with Gasteiger partial charge in [-0.05, 0) is 25.0 Å². The Morgan fingerprint density at radius 2 is 2.11 bits per heavy atom. The van der Waals surface area contributed by atoms with Crippen molar-refractivity contribution in [2.45, 2.75) is 39.5 Å². The van der Waals surface area contributed by atoms with Gasteiger partial charge in [0.15, 0.2) is 5.65 Å². The van der Waals surface area contributed by atoms with Gasteiger partial charge in [-0.25, -0.2) is 4.98 Å². The Bertz CT molecular complexity index is 521. The Balaban J connectivity index is 2.36. The largest absolute Gasteiger partial charge is 0.476 e. The highest BCUT2D eigenvalue weighted by atomic mass is 16.5. The van der Waals surface area contributed by atoms with Crippen LogP contribution in [0.4, 0.5) is 5.82 Å². The van der Waals surface area contributed by atoms with Crippen molar-refractivity contribution in [3.8, 4) is 5.88 Å². The summed E-state index contributed by atoms with van der Waals surface area (Å²) in [6.45, 7) is 4.96. The molecule has 2 N–H and O–H groups in total. The van der Waals surface area contributed by atoms with Gasteiger partial charge in [-0.15, -0.1) is 5.10 Å². The molecular weight excluding hydrogens is 228 g/mol. The van der Waals surface area contributed by atoms with Gasteiger partial charge in [-0.3, -0.25) is 0 Å². The number of fused-ring (bicyclic) bond motifs is 1. The number of ether oxygens (including phenoxy) is 1. The second kappa shape index (κ2) is 5.71. The van der Waals surface area contributed by atoms with Gasteiger partial charge in [0.1, 0.15) is 11.5 Å². The van der Waals surface area contributed by atoms with E-state index in [4.69, 9.17) is 10.5 Å². The summed E-state index contributed by atoms with van der Waals surface area (Å²) in [7, 11) is 0. The predicted octanol–water partition coefficient (Wildman–Crippen LogP) is 2.44. The van der Waals surface area contributed by atoms with Crippen LogP contribution in [0.25, 0.3) is 5.65 Å². The summed E-state index contributed by atoms with van der Waals surface area (Å²) in [5, 5.41) is 4.26. The number of hydrogen-bond donors (Lipinski definition) is 1. The minimum atomic E-state index is 0.475. The number of nitrogens with zero attached hydrogens (tertiary/aromatic N) is 3. The predicted molar refractivity (Wildman–Crippen MR) is 71.8 cm³/mol. The molecule has 0 saturated heterocycles. The molecule has 0 saturated carbocycles. The molecule has 5 nitrogen and oxygen atoms in total. The zero-order valence-electron chi connectivity index (χ0n) is 11.0. The first-order valence-corrected chi connectivity index (χ1v) is 6.53. The van der Waals surface area contributed by atoms with E-state index in [2.05, 4.69) is 23.9 Å². The van der Waals surface area contributed by atoms with Gasteiger partial charge in [-0.1, -0.05) is 26.7 Å². The van der Waals surface area contributed by atoms with Crippen LogP contribution >= 0.6 is 0 Å². The monoisotopic (exact) mass is 248 g/mol. The SMILES string of the molecule is CCCCOc1c(CCC)nc2ccc(N)nn12. The lowest BCUT2D eigenvalue weighted by atomic mass is 10.3. The van der Waals surface area contributed by atoms with E-state index in [0.717, 1.165) is 42.9 Å². The van der Waals surface area contributed by atoms with Crippen LogP contribution < -0.4 is 10.5 Å². The van der Waals surface area contributed by atoms with Crippen LogP contribution in [0.5, 0.6) is 5.88 Å². The van der Waals surface area contributed by atoms with Crippen LogP contribution in [0, 0.1) is 0 Å². The number of aromatic nitrogens is 3. The highest BCUT2D eigenvalue weighted by Gasteiger charge is 2.14. The van der Waals surface area contributed by atoms with E-state index in [9.17, 15) is 0 Å². The van der Waals surface area contributed by atoms with Gasteiger partial charge >= 0.3 is 0 Å². The smallest absolute Gasteiger partial charge is 0.238 e. The fourth-order valence-electron chi connectivity index (χ4n) is 1.83. The van der Waals surface area contributed by atoms with Gasteiger partial charge in [0, 0.05) is 0 Å². The normalized spacial score (nSPS) is 11.0. The number of aryl methyl sites for hydroxylation is 1. The number of rotatable bonds is 6. The first kappa shape index (κ1) is 12.7. The minimum Gasteiger partial charge on any atom is -0.476 e. The fourth-order valence-corrected chi connectivity index (χ4v) is 1.83. The van der Waals surface area contributed by atoms with Gasteiger partial charge in [0.25, 0.3) is 0 Å². The quantitative estimate of drug-likeness (QED) is 0.797. The molecule has 0 spiro atoms. The van der Waals surface area contributed by atoms with Crippen LogP contribution in [0.1, 0.15) is 38.8 Å². The molecule has 0 aliphatic carbocycles. The van der Waals surface area contributed by atoms with E-state index in [-0.39, 0.29) is 0 Å². The molecule has 0 amide bonds. The Labute approximate surface area is 107 Å². The summed E-state index contributed by atoms with van der Waals surface area (Å²) >= 11 is 0. The van der Waals surface area contributed by atoms with Crippen LogP contribution in [-0.2, 0) is 6.42 Å². The molecular formula is C13H20N4O. The lowest BCUT2D eigenvalue weighted by Crippen LogP contribution is -2.04. The van der Waals surface area contributed by atoms with Crippen LogP contribution in [0.3, 0.4) is 0 Å². The lowest BCUT2D eigenvalue weighted by molar-refractivity contribution is 0.288. The van der Waals surface area contributed by atoms with E-state index in [0.29, 0.717) is 12.4 Å². The van der Waals surface area contributed by atoms with Crippen molar-refractivity contribution in [3.05, 3.63) is 17.8 Å². The maximum absolute atomic E-state index is 5.82. The molecule has 2 rings (SSSR count). The molecule has 0 aromatic carbocycles. The number of unbranched alkanes of at least 4 members (excludes halogenated alkanes) is 1. The molecule has 0 unspecified atom stereocenters. The third-order valence-electron chi connectivity index (χ3n) is 2.75. The second-order valence-electron chi connectivity index (χ2n) is 4.34. The van der Waals surface area contributed by atoms with Gasteiger partial charge in [0.05, 0.1) is 6.61 Å². The number of anilines is 1. The molecule has 18 heavy (non-hydrogen) atoms. The van der Waals surface area contributed by atoms with E-state index in [1.165, 1.54) is 0 Å². The molecule has 0 radical (unpaired) electrons. The van der Waals surface area contributed by atoms with Crippen molar-refractivity contribution in [2.75, 3.05) is 12.3 Å². The Morgan fingerprint density at radius 3 is 2.83 bits per heavy atom. The summed E-state index contributed by atoms with van der Waals surface area (Å²) in [5.74, 6) is 1.22. The van der Waals surface area contributed by atoms with E-state index in [1.54, 1.807) is 10.6 Å². The Morgan fingerprint density at radius 1 is 1.28 bits per heavy atom. The van der Waals surface area contributed by atoms with Crippen molar-refractivity contribution < 1.29 is 4.74 Å². The third-order valence-corrected chi connectivity index (χ3v) is 2.75. The second-order valence-corrected chi connectivity index (χ2v) is 4.34. The number of imidazole rings is 1. The van der Waals surface area contributed by atoms with Gasteiger partial charge < -0.3 is 10.5 Å². The van der Waals surface area contributed by atoms with E-state index in [1.807, 2.05) is 6.07 Å². The molecule has 2 heterocycles. The van der Waals surface area contributed by atoms with E-state index >= 15 is 0 Å². The van der Waals surface area contributed by atoms with Crippen LogP contribution in [0.15, 0.2) is 12.1 Å². The molecule has 0 aliphatic rings. The minimum absolute atomic E-state index is 0.475. The fraction of sp³-hybridized carbons (Fsp3) is 0.538. The molecule has 2 aromatic heterocycles. The first-order chi connectivity index (χ1) is 8.76. The summed E-state index contributed by atoms with van der Waals surface area (Å²) in [5.41, 5.74) is 7.47. The summed E-state index contributed by atoms with van der Waals surface area (Å²) in [6, 6.07) is 3.63. The molecule has 0 atom stereocenters. The van der Waals surface area contributed by atoms with Crippen molar-refractivity contribution in [2.24, 2.45) is 0 Å². The highest BCUT2D eigenvalue weighted by Crippen LogP contribution is 2.22. The highest BCUT2D eigenvalue weighted by molar-refractivity contribution is 5.47. The third kappa shape index (κ3) is 2.55. The van der Waals surface area contributed by atoms with Crippen molar-refractivity contribution in [1.29, 1.82) is 0 Å². The Kier molecular flexibility index (Phi) is 4.02. The van der Waals surface area contributed by atoms with Gasteiger partial charge in [0.2, 0.25) is 5.88 Å². The van der Waals surface area contributed by atoms with Crippen LogP contribution in [-0.4, -0.2) is 21.2 Å². The molecule has 0 fully saturated rings. The van der Waals surface area contributed by atoms with Crippen molar-refractivity contribution in [1.82, 2.24) is 14.6 Å².